The van der Waals surface area contributed by atoms with Crippen molar-refractivity contribution < 1.29 is 15.0 Å². The number of rotatable bonds is 2. The molecule has 98 valence electrons. The van der Waals surface area contributed by atoms with E-state index >= 15 is 0 Å². The van der Waals surface area contributed by atoms with Crippen LogP contribution in [0.3, 0.4) is 0 Å². The fourth-order valence-electron chi connectivity index (χ4n) is 2.75. The van der Waals surface area contributed by atoms with Gasteiger partial charge in [-0.1, -0.05) is 12.1 Å². The Morgan fingerprint density at radius 1 is 1.42 bits per heavy atom. The lowest BCUT2D eigenvalue weighted by Crippen LogP contribution is -2.32. The number of aromatic carboxylic acids is 1. The second-order valence-corrected chi connectivity index (χ2v) is 5.58. The summed E-state index contributed by atoms with van der Waals surface area (Å²) in [5, 5.41) is 22.6. The van der Waals surface area contributed by atoms with Gasteiger partial charge >= 0.3 is 5.97 Å². The zero-order valence-corrected chi connectivity index (χ0v) is 11.0. The highest BCUT2D eigenvalue weighted by Crippen LogP contribution is 2.42. The molecule has 19 heavy (non-hydrogen) atoms. The van der Waals surface area contributed by atoms with Gasteiger partial charge in [0.05, 0.1) is 5.56 Å². The summed E-state index contributed by atoms with van der Waals surface area (Å²) >= 11 is 1.40. The van der Waals surface area contributed by atoms with Crippen LogP contribution in [0.15, 0.2) is 29.8 Å². The van der Waals surface area contributed by atoms with Crippen LogP contribution in [0.2, 0.25) is 0 Å². The van der Waals surface area contributed by atoms with Gasteiger partial charge in [0.25, 0.3) is 0 Å². The third-order valence-electron chi connectivity index (χ3n) is 3.60. The molecule has 0 aliphatic heterocycles. The van der Waals surface area contributed by atoms with Crippen LogP contribution in [0.5, 0.6) is 0 Å². The van der Waals surface area contributed by atoms with Crippen molar-refractivity contribution in [1.29, 1.82) is 0 Å². The van der Waals surface area contributed by atoms with Gasteiger partial charge in [-0.15, -0.1) is 11.3 Å². The van der Waals surface area contributed by atoms with E-state index in [4.69, 9.17) is 0 Å². The Hall–Kier alpha value is -1.72. The van der Waals surface area contributed by atoms with Gasteiger partial charge in [-0.25, -0.2) is 9.78 Å². The quantitative estimate of drug-likeness (QED) is 0.883. The molecule has 0 saturated heterocycles. The Morgan fingerprint density at radius 3 is 2.95 bits per heavy atom. The minimum absolute atomic E-state index is 0.284. The minimum atomic E-state index is -1.15. The Kier molecular flexibility index (Phi) is 2.88. The van der Waals surface area contributed by atoms with Crippen molar-refractivity contribution in [2.45, 2.75) is 24.9 Å². The van der Waals surface area contributed by atoms with Gasteiger partial charge in [0, 0.05) is 11.6 Å². The number of carboxylic acid groups (broad SMARTS) is 1. The first kappa shape index (κ1) is 12.3. The van der Waals surface area contributed by atoms with E-state index in [1.807, 2.05) is 11.4 Å². The monoisotopic (exact) mass is 275 g/mol. The molecule has 0 radical (unpaired) electrons. The van der Waals surface area contributed by atoms with E-state index in [0.717, 1.165) is 12.0 Å². The Bertz CT molecular complexity index is 624. The van der Waals surface area contributed by atoms with Gasteiger partial charge in [-0.05, 0) is 36.5 Å². The van der Waals surface area contributed by atoms with E-state index in [9.17, 15) is 15.0 Å². The predicted molar refractivity (Wildman–Crippen MR) is 71.5 cm³/mol. The predicted octanol–water partition coefficient (Wildman–Crippen LogP) is 2.41. The second kappa shape index (κ2) is 4.43. The van der Waals surface area contributed by atoms with Crippen molar-refractivity contribution in [3.05, 3.63) is 51.5 Å². The molecule has 0 amide bonds. The van der Waals surface area contributed by atoms with Crippen LogP contribution < -0.4 is 0 Å². The number of benzene rings is 1. The molecule has 1 aromatic heterocycles. The highest BCUT2D eigenvalue weighted by atomic mass is 32.1. The average Bonchev–Trinajstić information content (AvgIpc) is 2.93. The number of carboxylic acids is 1. The molecule has 4 nitrogen and oxygen atoms in total. The third-order valence-corrected chi connectivity index (χ3v) is 4.53. The summed E-state index contributed by atoms with van der Waals surface area (Å²) in [7, 11) is 0. The van der Waals surface area contributed by atoms with Crippen molar-refractivity contribution in [2.24, 2.45) is 0 Å². The molecule has 3 rings (SSSR count). The first-order valence-electron chi connectivity index (χ1n) is 6.11. The number of nitrogens with zero attached hydrogens (tertiary/aromatic N) is 1. The molecule has 1 aliphatic carbocycles. The number of fused-ring (bicyclic) bond motifs is 1. The molecule has 1 unspecified atom stereocenters. The number of hydrogen-bond donors (Lipinski definition) is 2. The molecule has 0 fully saturated rings. The lowest BCUT2D eigenvalue weighted by molar-refractivity contribution is 0.0600. The summed E-state index contributed by atoms with van der Waals surface area (Å²) in [6.07, 6.45) is 3.68. The Morgan fingerprint density at radius 2 is 2.26 bits per heavy atom. The number of aliphatic hydroxyl groups is 1. The first-order valence-corrected chi connectivity index (χ1v) is 6.99. The lowest BCUT2D eigenvalue weighted by Gasteiger charge is -2.33. The fourth-order valence-corrected chi connectivity index (χ4v) is 3.53. The maximum Gasteiger partial charge on any atom is 0.335 e. The highest BCUT2D eigenvalue weighted by molar-refractivity contribution is 7.09. The van der Waals surface area contributed by atoms with Gasteiger partial charge in [0.1, 0.15) is 10.6 Å². The molecule has 0 bridgehead atoms. The molecule has 0 saturated carbocycles. The lowest BCUT2D eigenvalue weighted by atomic mass is 9.77. The Labute approximate surface area is 114 Å². The van der Waals surface area contributed by atoms with Crippen LogP contribution >= 0.6 is 11.3 Å². The van der Waals surface area contributed by atoms with Gasteiger partial charge in [0.2, 0.25) is 0 Å². The second-order valence-electron chi connectivity index (χ2n) is 4.69. The summed E-state index contributed by atoms with van der Waals surface area (Å²) in [4.78, 5) is 15.5. The SMILES string of the molecule is O=C(O)c1cccc2c1CCCC2(O)c1nccs1. The molecular weight excluding hydrogens is 262 g/mol. The first-order chi connectivity index (χ1) is 9.13. The Balaban J connectivity index is 2.21. The van der Waals surface area contributed by atoms with Crippen molar-refractivity contribution >= 4 is 17.3 Å². The number of hydrogen-bond acceptors (Lipinski definition) is 4. The smallest absolute Gasteiger partial charge is 0.335 e. The zero-order chi connectivity index (χ0) is 13.5. The van der Waals surface area contributed by atoms with Gasteiger partial charge in [0.15, 0.2) is 0 Å². The summed E-state index contributed by atoms with van der Waals surface area (Å²) < 4.78 is 0. The molecule has 1 heterocycles. The molecule has 1 aromatic carbocycles. The summed E-state index contributed by atoms with van der Waals surface area (Å²) in [6, 6.07) is 5.09. The summed E-state index contributed by atoms with van der Waals surface area (Å²) in [6.45, 7) is 0. The van der Waals surface area contributed by atoms with Crippen molar-refractivity contribution in [3.63, 3.8) is 0 Å². The number of thiazole rings is 1. The fraction of sp³-hybridized carbons (Fsp3) is 0.286. The minimum Gasteiger partial charge on any atom is -0.478 e. The topological polar surface area (TPSA) is 70.4 Å². The molecule has 0 spiro atoms. The molecular formula is C14H13NO3S. The van der Waals surface area contributed by atoms with Crippen LogP contribution in [0.25, 0.3) is 0 Å². The summed E-state index contributed by atoms with van der Waals surface area (Å²) in [5.41, 5.74) is 0.562. The van der Waals surface area contributed by atoms with E-state index in [1.165, 1.54) is 11.3 Å². The van der Waals surface area contributed by atoms with E-state index in [-0.39, 0.29) is 5.56 Å². The highest BCUT2D eigenvalue weighted by Gasteiger charge is 2.39. The number of carbonyl (C=O) groups is 1. The molecule has 1 atom stereocenters. The normalized spacial score (nSPS) is 21.9. The maximum absolute atomic E-state index is 11.3. The van der Waals surface area contributed by atoms with Gasteiger partial charge in [-0.2, -0.15) is 0 Å². The molecule has 5 heteroatoms. The van der Waals surface area contributed by atoms with Gasteiger partial charge in [-0.3, -0.25) is 0 Å². The van der Waals surface area contributed by atoms with Crippen molar-refractivity contribution in [3.8, 4) is 0 Å². The van der Waals surface area contributed by atoms with Crippen molar-refractivity contribution in [1.82, 2.24) is 4.98 Å². The van der Waals surface area contributed by atoms with Crippen LogP contribution in [0, 0.1) is 0 Å². The van der Waals surface area contributed by atoms with Crippen LogP contribution in [0.4, 0.5) is 0 Å². The largest absolute Gasteiger partial charge is 0.478 e. The molecule has 2 aromatic rings. The number of aromatic nitrogens is 1. The van der Waals surface area contributed by atoms with Crippen LogP contribution in [-0.2, 0) is 12.0 Å². The standard InChI is InChI=1S/C14H13NO3S/c16-12(17)10-3-1-5-11-9(10)4-2-6-14(11,18)13-15-7-8-19-13/h1,3,5,7-8,18H,2,4,6H2,(H,16,17). The van der Waals surface area contributed by atoms with E-state index in [2.05, 4.69) is 4.98 Å². The van der Waals surface area contributed by atoms with E-state index in [1.54, 1.807) is 18.3 Å². The third kappa shape index (κ3) is 1.86. The van der Waals surface area contributed by atoms with Crippen LogP contribution in [0.1, 0.15) is 39.3 Å². The van der Waals surface area contributed by atoms with Gasteiger partial charge < -0.3 is 10.2 Å². The summed E-state index contributed by atoms with van der Waals surface area (Å²) in [5.74, 6) is -0.944. The van der Waals surface area contributed by atoms with E-state index < -0.39 is 11.6 Å². The molecule has 2 N–H and O–H groups in total. The maximum atomic E-state index is 11.3. The van der Waals surface area contributed by atoms with E-state index in [0.29, 0.717) is 23.4 Å². The van der Waals surface area contributed by atoms with Crippen LogP contribution in [-0.4, -0.2) is 21.2 Å². The molecule has 1 aliphatic rings. The van der Waals surface area contributed by atoms with Crippen molar-refractivity contribution in [2.75, 3.05) is 0 Å². The zero-order valence-electron chi connectivity index (χ0n) is 10.2. The average molecular weight is 275 g/mol.